The first-order valence-corrected chi connectivity index (χ1v) is 4.19. The van der Waals surface area contributed by atoms with Gasteiger partial charge in [-0.05, 0) is 26.2 Å². The lowest BCUT2D eigenvalue weighted by Gasteiger charge is -2.23. The Kier molecular flexibility index (Phi) is 2.80. The largest absolute Gasteiger partial charge is 0.303 e. The van der Waals surface area contributed by atoms with E-state index in [0.29, 0.717) is 0 Å². The number of carbonyl (C=O) groups excluding carboxylic acids is 2. The highest BCUT2D eigenvalue weighted by molar-refractivity contribution is 5.78. The van der Waals surface area contributed by atoms with Crippen LogP contribution in [0.25, 0.3) is 0 Å². The normalized spacial score (nSPS) is 31.4. The quantitative estimate of drug-likeness (QED) is 0.566. The molecule has 0 bridgehead atoms. The van der Waals surface area contributed by atoms with Gasteiger partial charge < -0.3 is 4.79 Å². The summed E-state index contributed by atoms with van der Waals surface area (Å²) in [7, 11) is 0. The highest BCUT2D eigenvalue weighted by Crippen LogP contribution is 2.27. The molecule has 2 heteroatoms. The van der Waals surface area contributed by atoms with Gasteiger partial charge in [-0.1, -0.05) is 6.42 Å². The molecule has 2 atom stereocenters. The van der Waals surface area contributed by atoms with Crippen LogP contribution in [0.4, 0.5) is 0 Å². The van der Waals surface area contributed by atoms with Crippen LogP contribution in [0, 0.1) is 11.8 Å². The van der Waals surface area contributed by atoms with Crippen LogP contribution in [0.1, 0.15) is 32.6 Å². The highest BCUT2D eigenvalue weighted by Gasteiger charge is 2.23. The van der Waals surface area contributed by atoms with E-state index in [2.05, 4.69) is 0 Å². The molecule has 11 heavy (non-hydrogen) atoms. The molecule has 0 aromatic rings. The van der Waals surface area contributed by atoms with E-state index >= 15 is 0 Å². The van der Waals surface area contributed by atoms with E-state index in [1.54, 1.807) is 6.92 Å². The number of aldehydes is 1. The first kappa shape index (κ1) is 8.44. The number of hydrogen-bond acceptors (Lipinski definition) is 2. The molecule has 1 fully saturated rings. The van der Waals surface area contributed by atoms with Gasteiger partial charge in [0.05, 0.1) is 0 Å². The standard InChI is InChI=1S/C9H14O2/c1-7(11)9-4-2-3-8(5-9)6-10/h6,8-9H,2-5H2,1H3/t8-,9-/m1/s1. The van der Waals surface area contributed by atoms with Crippen LogP contribution in [-0.4, -0.2) is 12.1 Å². The molecule has 0 heterocycles. The van der Waals surface area contributed by atoms with Crippen molar-refractivity contribution in [3.8, 4) is 0 Å². The van der Waals surface area contributed by atoms with Crippen molar-refractivity contribution in [3.05, 3.63) is 0 Å². The second-order valence-corrected chi connectivity index (χ2v) is 3.37. The Labute approximate surface area is 67.0 Å². The van der Waals surface area contributed by atoms with Gasteiger partial charge in [-0.15, -0.1) is 0 Å². The number of Topliss-reactive ketones (excluding diaryl/α,β-unsaturated/α-hetero) is 1. The van der Waals surface area contributed by atoms with Crippen LogP contribution in [0.3, 0.4) is 0 Å². The first-order chi connectivity index (χ1) is 5.24. The highest BCUT2D eigenvalue weighted by atomic mass is 16.1. The third-order valence-corrected chi connectivity index (χ3v) is 2.48. The maximum Gasteiger partial charge on any atom is 0.132 e. The Morgan fingerprint density at radius 2 is 2.18 bits per heavy atom. The van der Waals surface area contributed by atoms with Crippen LogP contribution >= 0.6 is 0 Å². The summed E-state index contributed by atoms with van der Waals surface area (Å²) in [5.41, 5.74) is 0. The summed E-state index contributed by atoms with van der Waals surface area (Å²) in [5, 5.41) is 0. The van der Waals surface area contributed by atoms with Crippen molar-refractivity contribution in [3.63, 3.8) is 0 Å². The smallest absolute Gasteiger partial charge is 0.132 e. The molecular weight excluding hydrogens is 140 g/mol. The predicted octanol–water partition coefficient (Wildman–Crippen LogP) is 1.58. The molecule has 0 N–H and O–H groups in total. The summed E-state index contributed by atoms with van der Waals surface area (Å²) in [4.78, 5) is 21.4. The van der Waals surface area contributed by atoms with Crippen LogP contribution in [-0.2, 0) is 9.59 Å². The van der Waals surface area contributed by atoms with E-state index < -0.39 is 0 Å². The van der Waals surface area contributed by atoms with E-state index in [0.717, 1.165) is 32.0 Å². The molecule has 0 aromatic carbocycles. The monoisotopic (exact) mass is 154 g/mol. The predicted molar refractivity (Wildman–Crippen MR) is 42.2 cm³/mol. The van der Waals surface area contributed by atoms with Gasteiger partial charge in [-0.2, -0.15) is 0 Å². The van der Waals surface area contributed by atoms with Crippen molar-refractivity contribution in [2.24, 2.45) is 11.8 Å². The number of hydrogen-bond donors (Lipinski definition) is 0. The lowest BCUT2D eigenvalue weighted by atomic mass is 9.80. The van der Waals surface area contributed by atoms with Crippen molar-refractivity contribution in [1.82, 2.24) is 0 Å². The second-order valence-electron chi connectivity index (χ2n) is 3.37. The van der Waals surface area contributed by atoms with Gasteiger partial charge in [0.2, 0.25) is 0 Å². The van der Waals surface area contributed by atoms with Gasteiger partial charge in [0.25, 0.3) is 0 Å². The van der Waals surface area contributed by atoms with E-state index in [4.69, 9.17) is 0 Å². The van der Waals surface area contributed by atoms with Crippen LogP contribution < -0.4 is 0 Å². The molecule has 1 saturated carbocycles. The average molecular weight is 154 g/mol. The van der Waals surface area contributed by atoms with Gasteiger partial charge in [0.15, 0.2) is 0 Å². The Morgan fingerprint density at radius 3 is 2.73 bits per heavy atom. The van der Waals surface area contributed by atoms with Gasteiger partial charge in [0, 0.05) is 11.8 Å². The van der Waals surface area contributed by atoms with E-state index in [9.17, 15) is 9.59 Å². The SMILES string of the molecule is CC(=O)[C@@H]1CCC[C@@H](C=O)C1. The second kappa shape index (κ2) is 3.65. The fraction of sp³-hybridized carbons (Fsp3) is 0.778. The van der Waals surface area contributed by atoms with Crippen molar-refractivity contribution >= 4 is 12.1 Å². The van der Waals surface area contributed by atoms with E-state index in [-0.39, 0.29) is 17.6 Å². The summed E-state index contributed by atoms with van der Waals surface area (Å²) >= 11 is 0. The van der Waals surface area contributed by atoms with E-state index in [1.165, 1.54) is 0 Å². The van der Waals surface area contributed by atoms with Crippen LogP contribution in [0.2, 0.25) is 0 Å². The number of carbonyl (C=O) groups is 2. The fourth-order valence-electron chi connectivity index (χ4n) is 1.72. The summed E-state index contributed by atoms with van der Waals surface area (Å²) in [6, 6.07) is 0. The molecule has 1 aliphatic rings. The first-order valence-electron chi connectivity index (χ1n) is 4.19. The average Bonchev–Trinajstić information content (AvgIpc) is 2.05. The molecule has 1 rings (SSSR count). The van der Waals surface area contributed by atoms with Gasteiger partial charge in [0.1, 0.15) is 12.1 Å². The van der Waals surface area contributed by atoms with E-state index in [1.807, 2.05) is 0 Å². The van der Waals surface area contributed by atoms with Crippen molar-refractivity contribution < 1.29 is 9.59 Å². The summed E-state index contributed by atoms with van der Waals surface area (Å²) in [5.74, 6) is 0.563. The minimum Gasteiger partial charge on any atom is -0.303 e. The van der Waals surface area contributed by atoms with Gasteiger partial charge >= 0.3 is 0 Å². The molecule has 0 amide bonds. The molecule has 0 unspecified atom stereocenters. The Morgan fingerprint density at radius 1 is 1.45 bits per heavy atom. The third-order valence-electron chi connectivity index (χ3n) is 2.48. The zero-order chi connectivity index (χ0) is 8.27. The molecule has 0 spiro atoms. The van der Waals surface area contributed by atoms with Gasteiger partial charge in [-0.3, -0.25) is 4.79 Å². The maximum absolute atomic E-state index is 10.9. The Bertz CT molecular complexity index is 163. The zero-order valence-corrected chi connectivity index (χ0v) is 6.88. The molecule has 0 aliphatic heterocycles. The zero-order valence-electron chi connectivity index (χ0n) is 6.88. The summed E-state index contributed by atoms with van der Waals surface area (Å²) in [6.07, 6.45) is 4.79. The number of rotatable bonds is 2. The maximum atomic E-state index is 10.9. The van der Waals surface area contributed by atoms with Gasteiger partial charge in [-0.25, -0.2) is 0 Å². The molecule has 0 radical (unpaired) electrons. The topological polar surface area (TPSA) is 34.1 Å². The van der Waals surface area contributed by atoms with Crippen molar-refractivity contribution in [1.29, 1.82) is 0 Å². The lowest BCUT2D eigenvalue weighted by Crippen LogP contribution is -2.21. The third kappa shape index (κ3) is 2.14. The minimum absolute atomic E-state index is 0.151. The molecule has 62 valence electrons. The minimum atomic E-state index is 0.151. The molecule has 0 saturated heterocycles. The van der Waals surface area contributed by atoms with Crippen LogP contribution in [0.5, 0.6) is 0 Å². The molecule has 1 aliphatic carbocycles. The fourth-order valence-corrected chi connectivity index (χ4v) is 1.72. The summed E-state index contributed by atoms with van der Waals surface area (Å²) < 4.78 is 0. The number of ketones is 1. The molecular formula is C9H14O2. The molecule has 2 nitrogen and oxygen atoms in total. The Hall–Kier alpha value is -0.660. The van der Waals surface area contributed by atoms with Crippen molar-refractivity contribution in [2.75, 3.05) is 0 Å². The Balaban J connectivity index is 2.45. The van der Waals surface area contributed by atoms with Crippen molar-refractivity contribution in [2.45, 2.75) is 32.6 Å². The molecule has 0 aromatic heterocycles. The van der Waals surface area contributed by atoms with Crippen LogP contribution in [0.15, 0.2) is 0 Å². The lowest BCUT2D eigenvalue weighted by molar-refractivity contribution is -0.122. The summed E-state index contributed by atoms with van der Waals surface area (Å²) in [6.45, 7) is 1.62.